The number of ether oxygens (including phenoxy) is 1. The number of halogens is 1. The standard InChI is InChI=1S/C33H36FNO4/c1-20(2)26-19-23(11-16-27(26)39-6)30(36)28-29(22-9-12-24(13-10-22)33(3,4)5)35(32(38)31(28)37)18-17-21-7-14-25(34)15-8-21/h7-16,19-20,29,36H,17-18H2,1-6H3/b30-28-. The molecule has 1 aliphatic heterocycles. The van der Waals surface area contributed by atoms with Gasteiger partial charge in [0.15, 0.2) is 0 Å². The van der Waals surface area contributed by atoms with E-state index >= 15 is 0 Å². The highest BCUT2D eigenvalue weighted by molar-refractivity contribution is 6.46. The number of ketones is 1. The zero-order valence-electron chi connectivity index (χ0n) is 23.4. The van der Waals surface area contributed by atoms with Crippen LogP contribution >= 0.6 is 0 Å². The van der Waals surface area contributed by atoms with Gasteiger partial charge in [0.25, 0.3) is 11.7 Å². The van der Waals surface area contributed by atoms with Gasteiger partial charge >= 0.3 is 0 Å². The van der Waals surface area contributed by atoms with Crippen molar-refractivity contribution in [2.45, 2.75) is 58.4 Å². The van der Waals surface area contributed by atoms with Crippen LogP contribution in [0.25, 0.3) is 5.76 Å². The summed E-state index contributed by atoms with van der Waals surface area (Å²) in [6, 6.07) is 18.4. The molecule has 3 aromatic rings. The Kier molecular flexibility index (Phi) is 7.96. The molecule has 0 aromatic heterocycles. The minimum absolute atomic E-state index is 0.0579. The van der Waals surface area contributed by atoms with Gasteiger partial charge in [-0.1, -0.05) is 71.0 Å². The number of methoxy groups -OCH3 is 1. The second-order valence-electron chi connectivity index (χ2n) is 11.4. The van der Waals surface area contributed by atoms with E-state index in [1.54, 1.807) is 31.4 Å². The predicted octanol–water partition coefficient (Wildman–Crippen LogP) is 6.92. The van der Waals surface area contributed by atoms with Gasteiger partial charge in [0, 0.05) is 12.1 Å². The van der Waals surface area contributed by atoms with E-state index in [0.29, 0.717) is 17.7 Å². The Labute approximate surface area is 229 Å². The van der Waals surface area contributed by atoms with E-state index in [4.69, 9.17) is 4.74 Å². The highest BCUT2D eigenvalue weighted by Crippen LogP contribution is 2.41. The number of likely N-dealkylation sites (tertiary alicyclic amines) is 1. The van der Waals surface area contributed by atoms with Crippen LogP contribution in [-0.4, -0.2) is 35.4 Å². The molecule has 1 atom stereocenters. The van der Waals surface area contributed by atoms with Crippen LogP contribution in [0.1, 0.15) is 74.4 Å². The monoisotopic (exact) mass is 529 g/mol. The molecule has 0 bridgehead atoms. The molecule has 3 aromatic carbocycles. The summed E-state index contributed by atoms with van der Waals surface area (Å²) in [6.07, 6.45) is 0.434. The molecule has 1 N–H and O–H groups in total. The van der Waals surface area contributed by atoms with Crippen molar-refractivity contribution >= 4 is 17.4 Å². The number of aliphatic hydroxyl groups excluding tert-OH is 1. The van der Waals surface area contributed by atoms with E-state index in [1.165, 1.54) is 17.0 Å². The third-order valence-corrected chi connectivity index (χ3v) is 7.31. The minimum Gasteiger partial charge on any atom is -0.507 e. The normalized spacial score (nSPS) is 17.2. The van der Waals surface area contributed by atoms with Crippen LogP contribution in [0.5, 0.6) is 5.75 Å². The molecule has 1 fully saturated rings. The maximum Gasteiger partial charge on any atom is 0.295 e. The maximum atomic E-state index is 13.5. The molecule has 4 rings (SSSR count). The fourth-order valence-corrected chi connectivity index (χ4v) is 5.01. The Morgan fingerprint density at radius 2 is 1.64 bits per heavy atom. The van der Waals surface area contributed by atoms with Gasteiger partial charge in [0.05, 0.1) is 18.7 Å². The lowest BCUT2D eigenvalue weighted by molar-refractivity contribution is -0.139. The molecule has 1 saturated heterocycles. The fraction of sp³-hybridized carbons (Fsp3) is 0.333. The molecule has 0 spiro atoms. The maximum absolute atomic E-state index is 13.5. The largest absolute Gasteiger partial charge is 0.507 e. The summed E-state index contributed by atoms with van der Waals surface area (Å²) < 4.78 is 18.9. The second-order valence-corrected chi connectivity index (χ2v) is 11.4. The fourth-order valence-electron chi connectivity index (χ4n) is 5.01. The molecular formula is C33H36FNO4. The summed E-state index contributed by atoms with van der Waals surface area (Å²) in [5, 5.41) is 11.5. The van der Waals surface area contributed by atoms with Crippen LogP contribution in [0.3, 0.4) is 0 Å². The van der Waals surface area contributed by atoms with Crippen LogP contribution in [-0.2, 0) is 21.4 Å². The molecule has 0 saturated carbocycles. The van der Waals surface area contributed by atoms with Crippen LogP contribution in [0.15, 0.2) is 72.3 Å². The summed E-state index contributed by atoms with van der Waals surface area (Å²) in [5.74, 6) is -1.13. The van der Waals surface area contributed by atoms with Crippen molar-refractivity contribution in [3.63, 3.8) is 0 Å². The number of Topliss-reactive ketones (excluding diaryl/α,β-unsaturated/α-hetero) is 1. The third kappa shape index (κ3) is 5.75. The average Bonchev–Trinajstić information content (AvgIpc) is 3.16. The molecule has 0 radical (unpaired) electrons. The quantitative estimate of drug-likeness (QED) is 0.205. The summed E-state index contributed by atoms with van der Waals surface area (Å²) in [7, 11) is 1.59. The van der Waals surface area contributed by atoms with Crippen molar-refractivity contribution < 1.29 is 23.8 Å². The number of rotatable bonds is 7. The van der Waals surface area contributed by atoms with Crippen molar-refractivity contribution in [3.8, 4) is 5.75 Å². The minimum atomic E-state index is -0.760. The third-order valence-electron chi connectivity index (χ3n) is 7.31. The van der Waals surface area contributed by atoms with Crippen LogP contribution in [0.2, 0.25) is 0 Å². The summed E-state index contributed by atoms with van der Waals surface area (Å²) >= 11 is 0. The first kappa shape index (κ1) is 28.1. The number of hydrogen-bond donors (Lipinski definition) is 1. The van der Waals surface area contributed by atoms with Crippen LogP contribution in [0.4, 0.5) is 4.39 Å². The number of benzene rings is 3. The van der Waals surface area contributed by atoms with Gasteiger partial charge < -0.3 is 14.7 Å². The van der Waals surface area contributed by atoms with Gasteiger partial charge in [0.2, 0.25) is 0 Å². The van der Waals surface area contributed by atoms with Gasteiger partial charge in [-0.15, -0.1) is 0 Å². The molecule has 1 amide bonds. The molecule has 1 unspecified atom stereocenters. The van der Waals surface area contributed by atoms with Crippen molar-refractivity contribution in [2.75, 3.05) is 13.7 Å². The average molecular weight is 530 g/mol. The Hall–Kier alpha value is -3.93. The topological polar surface area (TPSA) is 66.8 Å². The van der Waals surface area contributed by atoms with Gasteiger partial charge in [-0.3, -0.25) is 9.59 Å². The molecule has 1 heterocycles. The molecule has 5 nitrogen and oxygen atoms in total. The number of hydrogen-bond acceptors (Lipinski definition) is 4. The van der Waals surface area contributed by atoms with E-state index in [0.717, 1.165) is 22.3 Å². The second kappa shape index (κ2) is 11.0. The van der Waals surface area contributed by atoms with Crippen molar-refractivity contribution in [2.24, 2.45) is 0 Å². The number of amides is 1. The summed E-state index contributed by atoms with van der Waals surface area (Å²) in [5.41, 5.74) is 4.02. The first-order valence-corrected chi connectivity index (χ1v) is 13.2. The Morgan fingerprint density at radius 1 is 1.00 bits per heavy atom. The van der Waals surface area contributed by atoms with Crippen LogP contribution < -0.4 is 4.74 Å². The summed E-state index contributed by atoms with van der Waals surface area (Å²) in [4.78, 5) is 28.3. The van der Waals surface area contributed by atoms with E-state index < -0.39 is 17.7 Å². The molecule has 0 aliphatic carbocycles. The van der Waals surface area contributed by atoms with Crippen LogP contribution in [0, 0.1) is 5.82 Å². The van der Waals surface area contributed by atoms with E-state index in [1.807, 2.05) is 44.2 Å². The highest BCUT2D eigenvalue weighted by atomic mass is 19.1. The SMILES string of the molecule is COc1ccc(/C(O)=C2/C(=O)C(=O)N(CCc3ccc(F)cc3)C2c2ccc(C(C)(C)C)cc2)cc1C(C)C. The smallest absolute Gasteiger partial charge is 0.295 e. The van der Waals surface area contributed by atoms with Crippen molar-refractivity contribution in [1.82, 2.24) is 4.90 Å². The molecule has 39 heavy (non-hydrogen) atoms. The first-order chi connectivity index (χ1) is 18.4. The Balaban J connectivity index is 1.82. The van der Waals surface area contributed by atoms with Gasteiger partial charge in [-0.05, 0) is 70.3 Å². The zero-order chi connectivity index (χ0) is 28.5. The lowest BCUT2D eigenvalue weighted by Gasteiger charge is -2.26. The first-order valence-electron chi connectivity index (χ1n) is 13.2. The van der Waals surface area contributed by atoms with E-state index in [2.05, 4.69) is 20.8 Å². The van der Waals surface area contributed by atoms with Crippen molar-refractivity contribution in [3.05, 3.63) is 106 Å². The number of nitrogens with zero attached hydrogens (tertiary/aromatic N) is 1. The lowest BCUT2D eigenvalue weighted by Crippen LogP contribution is -2.31. The molecule has 1 aliphatic rings. The van der Waals surface area contributed by atoms with Gasteiger partial charge in [0.1, 0.15) is 17.3 Å². The van der Waals surface area contributed by atoms with Crippen molar-refractivity contribution in [1.29, 1.82) is 0 Å². The number of carbonyl (C=O) groups excluding carboxylic acids is 2. The zero-order valence-corrected chi connectivity index (χ0v) is 23.4. The highest BCUT2D eigenvalue weighted by Gasteiger charge is 2.46. The molecule has 204 valence electrons. The lowest BCUT2D eigenvalue weighted by atomic mass is 9.85. The van der Waals surface area contributed by atoms with E-state index in [9.17, 15) is 19.1 Å². The van der Waals surface area contributed by atoms with Gasteiger partial charge in [-0.25, -0.2) is 4.39 Å². The van der Waals surface area contributed by atoms with Gasteiger partial charge in [-0.2, -0.15) is 0 Å². The predicted molar refractivity (Wildman–Crippen MR) is 151 cm³/mol. The number of aliphatic hydroxyl groups is 1. The van der Waals surface area contributed by atoms with E-state index in [-0.39, 0.29) is 35.0 Å². The molecular weight excluding hydrogens is 493 g/mol. The Morgan fingerprint density at radius 3 is 2.21 bits per heavy atom. The number of carbonyl (C=O) groups is 2. The molecule has 6 heteroatoms. The Bertz CT molecular complexity index is 1400. The summed E-state index contributed by atoms with van der Waals surface area (Å²) in [6.45, 7) is 10.6.